The minimum Gasteiger partial charge on any atom is -0.324 e. The van der Waals surface area contributed by atoms with E-state index in [1.807, 2.05) is 6.92 Å². The van der Waals surface area contributed by atoms with Gasteiger partial charge in [-0.15, -0.1) is 11.8 Å². The first-order valence-electron chi connectivity index (χ1n) is 6.49. The number of rotatable bonds is 1. The van der Waals surface area contributed by atoms with Crippen molar-refractivity contribution in [2.75, 3.05) is 5.32 Å². The van der Waals surface area contributed by atoms with E-state index in [0.29, 0.717) is 0 Å². The van der Waals surface area contributed by atoms with Crippen molar-refractivity contribution in [3.8, 4) is 0 Å². The Labute approximate surface area is 112 Å². The van der Waals surface area contributed by atoms with E-state index in [1.54, 1.807) is 11.8 Å². The average molecular weight is 262 g/mol. The van der Waals surface area contributed by atoms with Crippen LogP contribution in [-0.4, -0.2) is 11.2 Å². The SMILES string of the molecule is CC1Sc2ccc(C3(N)CCCC3)cc2NC1=O. The molecule has 0 saturated heterocycles. The van der Waals surface area contributed by atoms with E-state index in [0.717, 1.165) is 29.0 Å². The summed E-state index contributed by atoms with van der Waals surface area (Å²) in [4.78, 5) is 12.9. The van der Waals surface area contributed by atoms with Crippen LogP contribution in [0.5, 0.6) is 0 Å². The standard InChI is InChI=1S/C14H18N2OS/c1-9-13(17)16-11-8-10(4-5-12(11)18-9)14(15)6-2-3-7-14/h4-5,8-9H,2-3,6-7,15H2,1H3,(H,16,17). The maximum atomic E-state index is 11.7. The fourth-order valence-electron chi connectivity index (χ4n) is 2.81. The zero-order valence-corrected chi connectivity index (χ0v) is 11.3. The third-order valence-electron chi connectivity index (χ3n) is 3.98. The summed E-state index contributed by atoms with van der Waals surface area (Å²) >= 11 is 1.62. The van der Waals surface area contributed by atoms with Crippen LogP contribution in [0.1, 0.15) is 38.2 Å². The van der Waals surface area contributed by atoms with Crippen molar-refractivity contribution in [1.29, 1.82) is 0 Å². The van der Waals surface area contributed by atoms with E-state index in [-0.39, 0.29) is 16.7 Å². The van der Waals surface area contributed by atoms with Crippen LogP contribution in [0.15, 0.2) is 23.1 Å². The summed E-state index contributed by atoms with van der Waals surface area (Å²) in [5.74, 6) is 0.0853. The Balaban J connectivity index is 1.96. The van der Waals surface area contributed by atoms with Crippen molar-refractivity contribution in [3.63, 3.8) is 0 Å². The molecule has 4 heteroatoms. The molecule has 1 aliphatic carbocycles. The molecular weight excluding hydrogens is 244 g/mol. The van der Waals surface area contributed by atoms with Crippen LogP contribution in [0.3, 0.4) is 0 Å². The van der Waals surface area contributed by atoms with Gasteiger partial charge in [0.25, 0.3) is 0 Å². The molecule has 1 atom stereocenters. The van der Waals surface area contributed by atoms with Crippen LogP contribution in [0.25, 0.3) is 0 Å². The zero-order chi connectivity index (χ0) is 12.8. The predicted molar refractivity (Wildman–Crippen MR) is 74.7 cm³/mol. The zero-order valence-electron chi connectivity index (χ0n) is 10.5. The monoisotopic (exact) mass is 262 g/mol. The lowest BCUT2D eigenvalue weighted by Gasteiger charge is -2.27. The second kappa shape index (κ2) is 4.28. The summed E-state index contributed by atoms with van der Waals surface area (Å²) < 4.78 is 0. The van der Waals surface area contributed by atoms with Crippen LogP contribution >= 0.6 is 11.8 Å². The van der Waals surface area contributed by atoms with Crippen molar-refractivity contribution in [2.45, 2.75) is 48.3 Å². The van der Waals surface area contributed by atoms with Crippen LogP contribution < -0.4 is 11.1 Å². The van der Waals surface area contributed by atoms with Gasteiger partial charge in [0.05, 0.1) is 10.9 Å². The molecule has 18 heavy (non-hydrogen) atoms. The molecule has 2 aliphatic rings. The molecule has 3 nitrogen and oxygen atoms in total. The summed E-state index contributed by atoms with van der Waals surface area (Å²) in [6.45, 7) is 1.93. The summed E-state index contributed by atoms with van der Waals surface area (Å²) in [6, 6.07) is 6.29. The van der Waals surface area contributed by atoms with Gasteiger partial charge in [0.15, 0.2) is 0 Å². The number of anilines is 1. The first-order valence-corrected chi connectivity index (χ1v) is 7.37. The number of benzene rings is 1. The largest absolute Gasteiger partial charge is 0.324 e. The van der Waals surface area contributed by atoms with E-state index in [9.17, 15) is 4.79 Å². The molecule has 1 saturated carbocycles. The number of hydrogen-bond acceptors (Lipinski definition) is 3. The van der Waals surface area contributed by atoms with Gasteiger partial charge in [-0.1, -0.05) is 18.9 Å². The van der Waals surface area contributed by atoms with Crippen molar-refractivity contribution in [3.05, 3.63) is 23.8 Å². The van der Waals surface area contributed by atoms with Gasteiger partial charge in [0, 0.05) is 10.4 Å². The van der Waals surface area contributed by atoms with Crippen molar-refractivity contribution in [1.82, 2.24) is 0 Å². The molecule has 1 aromatic carbocycles. The Hall–Kier alpha value is -1.00. The topological polar surface area (TPSA) is 55.1 Å². The first kappa shape index (κ1) is 12.1. The van der Waals surface area contributed by atoms with E-state index in [4.69, 9.17) is 5.73 Å². The van der Waals surface area contributed by atoms with Gasteiger partial charge in [0.1, 0.15) is 0 Å². The lowest BCUT2D eigenvalue weighted by molar-refractivity contribution is -0.115. The highest BCUT2D eigenvalue weighted by Crippen LogP contribution is 2.41. The molecule has 0 aromatic heterocycles. The van der Waals surface area contributed by atoms with Gasteiger partial charge < -0.3 is 11.1 Å². The molecule has 1 unspecified atom stereocenters. The predicted octanol–water partition coefficient (Wildman–Crippen LogP) is 2.85. The quantitative estimate of drug-likeness (QED) is 0.818. The fourth-order valence-corrected chi connectivity index (χ4v) is 3.74. The highest BCUT2D eigenvalue weighted by molar-refractivity contribution is 8.00. The van der Waals surface area contributed by atoms with Gasteiger partial charge in [-0.05, 0) is 37.5 Å². The van der Waals surface area contributed by atoms with E-state index >= 15 is 0 Å². The van der Waals surface area contributed by atoms with Crippen molar-refractivity contribution in [2.24, 2.45) is 5.73 Å². The van der Waals surface area contributed by atoms with Crippen LogP contribution in [0.4, 0.5) is 5.69 Å². The number of nitrogens with two attached hydrogens (primary N) is 1. The average Bonchev–Trinajstić information content (AvgIpc) is 2.78. The Kier molecular flexibility index (Phi) is 2.87. The molecule has 3 rings (SSSR count). The molecule has 1 heterocycles. The molecule has 0 spiro atoms. The van der Waals surface area contributed by atoms with Crippen LogP contribution in [0, 0.1) is 0 Å². The van der Waals surface area contributed by atoms with Gasteiger partial charge in [-0.2, -0.15) is 0 Å². The number of fused-ring (bicyclic) bond motifs is 1. The summed E-state index contributed by atoms with van der Waals surface area (Å²) in [5.41, 5.74) is 8.36. The molecule has 1 aliphatic heterocycles. The van der Waals surface area contributed by atoms with Gasteiger partial charge in [-0.25, -0.2) is 0 Å². The smallest absolute Gasteiger partial charge is 0.237 e. The highest BCUT2D eigenvalue weighted by atomic mass is 32.2. The second-order valence-corrected chi connectivity index (χ2v) is 6.71. The highest BCUT2D eigenvalue weighted by Gasteiger charge is 2.32. The normalized spacial score (nSPS) is 25.7. The number of carbonyl (C=O) groups excluding carboxylic acids is 1. The Morgan fingerprint density at radius 2 is 2.11 bits per heavy atom. The summed E-state index contributed by atoms with van der Waals surface area (Å²) in [7, 11) is 0. The number of carbonyl (C=O) groups is 1. The van der Waals surface area contributed by atoms with E-state index < -0.39 is 0 Å². The van der Waals surface area contributed by atoms with Crippen molar-refractivity contribution < 1.29 is 4.79 Å². The number of nitrogens with one attached hydrogen (secondary N) is 1. The molecular formula is C14H18N2OS. The maximum Gasteiger partial charge on any atom is 0.237 e. The van der Waals surface area contributed by atoms with Crippen LogP contribution in [0.2, 0.25) is 0 Å². The number of amides is 1. The summed E-state index contributed by atoms with van der Waals surface area (Å²) in [5, 5.41) is 2.96. The molecule has 96 valence electrons. The Morgan fingerprint density at radius 1 is 1.39 bits per heavy atom. The minimum atomic E-state index is -0.187. The molecule has 0 bridgehead atoms. The second-order valence-electron chi connectivity index (χ2n) is 5.32. The third-order valence-corrected chi connectivity index (χ3v) is 5.16. The lowest BCUT2D eigenvalue weighted by Crippen LogP contribution is -2.33. The lowest BCUT2D eigenvalue weighted by atomic mass is 9.89. The molecule has 0 radical (unpaired) electrons. The summed E-state index contributed by atoms with van der Waals surface area (Å²) in [6.07, 6.45) is 4.49. The number of thioether (sulfide) groups is 1. The Morgan fingerprint density at radius 3 is 2.83 bits per heavy atom. The van der Waals surface area contributed by atoms with Crippen LogP contribution in [-0.2, 0) is 10.3 Å². The third kappa shape index (κ3) is 1.93. The molecule has 1 amide bonds. The fraction of sp³-hybridized carbons (Fsp3) is 0.500. The van der Waals surface area contributed by atoms with E-state index in [2.05, 4.69) is 23.5 Å². The first-order chi connectivity index (χ1) is 8.58. The molecule has 1 aromatic rings. The number of hydrogen-bond donors (Lipinski definition) is 2. The minimum absolute atomic E-state index is 0.0123. The van der Waals surface area contributed by atoms with Gasteiger partial charge >= 0.3 is 0 Å². The van der Waals surface area contributed by atoms with Gasteiger partial charge in [-0.3, -0.25) is 4.79 Å². The van der Waals surface area contributed by atoms with Gasteiger partial charge in [0.2, 0.25) is 5.91 Å². The molecule has 3 N–H and O–H groups in total. The molecule has 1 fully saturated rings. The maximum absolute atomic E-state index is 11.7. The van der Waals surface area contributed by atoms with E-state index in [1.165, 1.54) is 12.8 Å². The Bertz CT molecular complexity index is 495. The van der Waals surface area contributed by atoms with Crippen molar-refractivity contribution >= 4 is 23.4 Å².